The smallest absolute Gasteiger partial charge is 0.227 e. The van der Waals surface area contributed by atoms with Gasteiger partial charge >= 0.3 is 0 Å². The Kier molecular flexibility index (Phi) is 10.7. The Balaban J connectivity index is 0.00000123. The minimum Gasteiger partial charge on any atom is -0.330 e. The highest BCUT2D eigenvalue weighted by atomic mass is 16.2. The summed E-state index contributed by atoms with van der Waals surface area (Å²) in [4.78, 5) is 24.3. The van der Waals surface area contributed by atoms with Crippen LogP contribution < -0.4 is 5.32 Å². The normalized spacial score (nSPS) is 16.2. The zero-order valence-electron chi connectivity index (χ0n) is 16.2. The molecule has 1 aromatic rings. The molecule has 1 aromatic carbocycles. The van der Waals surface area contributed by atoms with Crippen molar-refractivity contribution in [3.05, 3.63) is 47.2 Å². The van der Waals surface area contributed by atoms with Crippen molar-refractivity contribution in [1.29, 1.82) is 0 Å². The van der Waals surface area contributed by atoms with Gasteiger partial charge in [0, 0.05) is 23.6 Å². The van der Waals surface area contributed by atoms with Gasteiger partial charge in [-0.3, -0.25) is 9.59 Å². The minimum absolute atomic E-state index is 0.0644. The number of piperidine rings is 1. The number of amides is 1. The quantitative estimate of drug-likeness (QED) is 0.769. The lowest BCUT2D eigenvalue weighted by molar-refractivity contribution is -0.125. The molecule has 24 heavy (non-hydrogen) atoms. The first-order valence-corrected chi connectivity index (χ1v) is 9.12. The average Bonchev–Trinajstić information content (AvgIpc) is 2.60. The highest BCUT2D eigenvalue weighted by Crippen LogP contribution is 2.23. The second-order valence-corrected chi connectivity index (χ2v) is 5.47. The standard InChI is InChI=1S/C17H21NO2.2C2H6/c1-4-13-9-11(2)5-8-15(13)16(19)10-14-7-6-12(3)18-17(14)20;2*1-2/h5,8-9,14H,3-4,6-7,10H2,1-2H3,(H,18,20);2*1-2H3. The number of aryl methyl sites for hydroxylation is 2. The molecular weight excluding hydrogens is 298 g/mol. The molecule has 1 unspecified atom stereocenters. The van der Waals surface area contributed by atoms with Crippen molar-refractivity contribution < 1.29 is 9.59 Å². The average molecular weight is 332 g/mol. The van der Waals surface area contributed by atoms with E-state index in [1.807, 2.05) is 53.7 Å². The zero-order chi connectivity index (χ0) is 18.7. The second-order valence-electron chi connectivity index (χ2n) is 5.47. The molecule has 3 nitrogen and oxygen atoms in total. The highest BCUT2D eigenvalue weighted by Gasteiger charge is 2.27. The SMILES string of the molecule is C=C1CCC(CC(=O)c2ccc(C)cc2CC)C(=O)N1.CC.CC. The zero-order valence-corrected chi connectivity index (χ0v) is 16.2. The Morgan fingerprint density at radius 3 is 2.42 bits per heavy atom. The van der Waals surface area contributed by atoms with Gasteiger partial charge in [0.25, 0.3) is 0 Å². The summed E-state index contributed by atoms with van der Waals surface area (Å²) in [6, 6.07) is 5.89. The van der Waals surface area contributed by atoms with Crippen molar-refractivity contribution >= 4 is 11.7 Å². The van der Waals surface area contributed by atoms with Crippen LogP contribution in [0, 0.1) is 12.8 Å². The summed E-state index contributed by atoms with van der Waals surface area (Å²) >= 11 is 0. The molecule has 3 heteroatoms. The van der Waals surface area contributed by atoms with Gasteiger partial charge in [-0.25, -0.2) is 0 Å². The van der Waals surface area contributed by atoms with E-state index < -0.39 is 0 Å². The Bertz CT molecular complexity index is 561. The van der Waals surface area contributed by atoms with Crippen LogP contribution in [0.15, 0.2) is 30.5 Å². The van der Waals surface area contributed by atoms with E-state index >= 15 is 0 Å². The van der Waals surface area contributed by atoms with Gasteiger partial charge in [-0.2, -0.15) is 0 Å². The number of carbonyl (C=O) groups excluding carboxylic acids is 2. The van der Waals surface area contributed by atoms with Crippen molar-refractivity contribution in [3.8, 4) is 0 Å². The first-order chi connectivity index (χ1) is 11.5. The molecule has 1 N–H and O–H groups in total. The number of Topliss-reactive ketones (excluding diaryl/α,β-unsaturated/α-hetero) is 1. The van der Waals surface area contributed by atoms with Crippen LogP contribution in [0.25, 0.3) is 0 Å². The van der Waals surface area contributed by atoms with Crippen LogP contribution in [0.5, 0.6) is 0 Å². The van der Waals surface area contributed by atoms with Crippen LogP contribution in [0.2, 0.25) is 0 Å². The maximum Gasteiger partial charge on any atom is 0.227 e. The first-order valence-electron chi connectivity index (χ1n) is 9.12. The van der Waals surface area contributed by atoms with Gasteiger partial charge in [-0.1, -0.05) is 65.0 Å². The predicted molar refractivity (Wildman–Crippen MR) is 102 cm³/mol. The van der Waals surface area contributed by atoms with Crippen LogP contribution in [0.4, 0.5) is 0 Å². The lowest BCUT2D eigenvalue weighted by atomic mass is 9.88. The van der Waals surface area contributed by atoms with E-state index in [-0.39, 0.29) is 24.0 Å². The van der Waals surface area contributed by atoms with Gasteiger partial charge < -0.3 is 5.32 Å². The van der Waals surface area contributed by atoms with Crippen LogP contribution in [-0.4, -0.2) is 11.7 Å². The van der Waals surface area contributed by atoms with Crippen molar-refractivity contribution in [2.75, 3.05) is 0 Å². The van der Waals surface area contributed by atoms with Gasteiger partial charge in [0.15, 0.2) is 5.78 Å². The number of nitrogens with one attached hydrogen (secondary N) is 1. The molecule has 134 valence electrons. The number of rotatable bonds is 4. The number of carbonyl (C=O) groups is 2. The van der Waals surface area contributed by atoms with E-state index in [9.17, 15) is 9.59 Å². The topological polar surface area (TPSA) is 46.2 Å². The van der Waals surface area contributed by atoms with Crippen LogP contribution in [0.1, 0.15) is 75.4 Å². The van der Waals surface area contributed by atoms with Gasteiger partial charge in [-0.05, 0) is 31.7 Å². The second kappa shape index (κ2) is 11.6. The lowest BCUT2D eigenvalue weighted by Crippen LogP contribution is -2.35. The molecule has 0 bridgehead atoms. The predicted octanol–water partition coefficient (Wildman–Crippen LogP) is 5.22. The fraction of sp³-hybridized carbons (Fsp3) is 0.524. The van der Waals surface area contributed by atoms with E-state index in [1.54, 1.807) is 0 Å². The van der Waals surface area contributed by atoms with Gasteiger partial charge in [0.1, 0.15) is 0 Å². The number of benzene rings is 1. The number of hydrogen-bond acceptors (Lipinski definition) is 2. The van der Waals surface area contributed by atoms with Crippen molar-refractivity contribution in [2.45, 2.75) is 67.2 Å². The van der Waals surface area contributed by atoms with Crippen molar-refractivity contribution in [1.82, 2.24) is 5.32 Å². The number of allylic oxidation sites excluding steroid dienone is 1. The van der Waals surface area contributed by atoms with Gasteiger partial charge in [0.05, 0.1) is 0 Å². The number of hydrogen-bond donors (Lipinski definition) is 1. The maximum atomic E-state index is 12.4. The summed E-state index contributed by atoms with van der Waals surface area (Å²) in [6.07, 6.45) is 2.59. The Labute approximate surface area is 147 Å². The summed E-state index contributed by atoms with van der Waals surface area (Å²) in [7, 11) is 0. The van der Waals surface area contributed by atoms with Crippen LogP contribution in [-0.2, 0) is 11.2 Å². The summed E-state index contributed by atoms with van der Waals surface area (Å²) in [6.45, 7) is 15.8. The van der Waals surface area contributed by atoms with Crippen LogP contribution >= 0.6 is 0 Å². The molecule has 2 rings (SSSR count). The molecule has 1 atom stereocenters. The summed E-state index contributed by atoms with van der Waals surface area (Å²) in [5.41, 5.74) is 3.74. The van der Waals surface area contributed by atoms with E-state index in [4.69, 9.17) is 0 Å². The summed E-state index contributed by atoms with van der Waals surface area (Å²) < 4.78 is 0. The molecule has 0 aliphatic carbocycles. The molecule has 0 saturated carbocycles. The third-order valence-electron chi connectivity index (χ3n) is 3.84. The summed E-state index contributed by atoms with van der Waals surface area (Å²) in [5, 5.41) is 2.74. The Morgan fingerprint density at radius 1 is 1.25 bits per heavy atom. The fourth-order valence-corrected chi connectivity index (χ4v) is 2.63. The van der Waals surface area contributed by atoms with Gasteiger partial charge in [-0.15, -0.1) is 0 Å². The molecule has 1 amide bonds. The minimum atomic E-state index is -0.223. The molecule has 0 radical (unpaired) electrons. The molecule has 1 aliphatic heterocycles. The van der Waals surface area contributed by atoms with E-state index in [0.717, 1.165) is 35.2 Å². The monoisotopic (exact) mass is 331 g/mol. The molecule has 1 aliphatic rings. The summed E-state index contributed by atoms with van der Waals surface area (Å²) in [5.74, 6) is -0.228. The molecule has 0 aromatic heterocycles. The van der Waals surface area contributed by atoms with Crippen LogP contribution in [0.3, 0.4) is 0 Å². The van der Waals surface area contributed by atoms with E-state index in [2.05, 4.69) is 18.0 Å². The number of ketones is 1. The van der Waals surface area contributed by atoms with Crippen molar-refractivity contribution in [3.63, 3.8) is 0 Å². The molecule has 1 saturated heterocycles. The molecule has 0 spiro atoms. The lowest BCUT2D eigenvalue weighted by Gasteiger charge is -2.23. The van der Waals surface area contributed by atoms with E-state index in [0.29, 0.717) is 6.42 Å². The maximum absolute atomic E-state index is 12.4. The molecule has 1 heterocycles. The van der Waals surface area contributed by atoms with Crippen molar-refractivity contribution in [2.24, 2.45) is 5.92 Å². The third-order valence-corrected chi connectivity index (χ3v) is 3.84. The largest absolute Gasteiger partial charge is 0.330 e. The molecular formula is C21H33NO2. The fourth-order valence-electron chi connectivity index (χ4n) is 2.63. The first kappa shape index (κ1) is 22.1. The van der Waals surface area contributed by atoms with E-state index in [1.165, 1.54) is 0 Å². The Hall–Kier alpha value is -1.90. The molecule has 1 fully saturated rings. The third kappa shape index (κ3) is 6.31. The Morgan fingerprint density at radius 2 is 1.88 bits per heavy atom. The van der Waals surface area contributed by atoms with Gasteiger partial charge in [0.2, 0.25) is 5.91 Å². The highest BCUT2D eigenvalue weighted by molar-refractivity contribution is 6.00.